The van der Waals surface area contributed by atoms with Gasteiger partial charge in [-0.3, -0.25) is 0 Å². The van der Waals surface area contributed by atoms with Gasteiger partial charge in [-0.1, -0.05) is 70.5 Å². The normalized spacial score (nSPS) is 20.0. The van der Waals surface area contributed by atoms with Crippen molar-refractivity contribution in [2.24, 2.45) is 0 Å². The van der Waals surface area contributed by atoms with Gasteiger partial charge in [-0.15, -0.1) is 11.8 Å². The number of likely N-dealkylation sites (tertiary alicyclic amines) is 1. The van der Waals surface area contributed by atoms with Crippen molar-refractivity contribution in [3.63, 3.8) is 0 Å². The molecule has 2 heterocycles. The maximum atomic E-state index is 5.87. The summed E-state index contributed by atoms with van der Waals surface area (Å²) < 4.78 is 7.29. The largest absolute Gasteiger partial charge is 0.494 e. The molecule has 4 heteroatoms. The molecule has 0 N–H and O–H groups in total. The van der Waals surface area contributed by atoms with Crippen LogP contribution in [-0.4, -0.2) is 31.1 Å². The van der Waals surface area contributed by atoms with E-state index in [0.29, 0.717) is 5.25 Å². The molecule has 0 saturated carbocycles. The zero-order chi connectivity index (χ0) is 21.1. The Hall–Kier alpha value is -1.75. The van der Waals surface area contributed by atoms with Gasteiger partial charge in [-0.25, -0.2) is 0 Å². The Morgan fingerprint density at radius 2 is 1.71 bits per heavy atom. The summed E-state index contributed by atoms with van der Waals surface area (Å²) in [6.07, 6.45) is 3.52. The third-order valence-electron chi connectivity index (χ3n) is 6.52. The van der Waals surface area contributed by atoms with Gasteiger partial charge in [-0.05, 0) is 73.3 Å². The molecule has 2 nitrogen and oxygen atoms in total. The maximum absolute atomic E-state index is 5.87. The number of rotatable bonds is 6. The lowest BCUT2D eigenvalue weighted by Gasteiger charge is -2.39. The van der Waals surface area contributed by atoms with E-state index in [2.05, 4.69) is 81.1 Å². The van der Waals surface area contributed by atoms with E-state index >= 15 is 0 Å². The van der Waals surface area contributed by atoms with Crippen molar-refractivity contribution in [3.05, 3.63) is 100 Å². The first-order chi connectivity index (χ1) is 15.2. The van der Waals surface area contributed by atoms with Crippen molar-refractivity contribution in [1.82, 2.24) is 4.90 Å². The summed E-state index contributed by atoms with van der Waals surface area (Å²) in [4.78, 5) is 2.62. The van der Waals surface area contributed by atoms with E-state index in [-0.39, 0.29) is 4.75 Å². The summed E-state index contributed by atoms with van der Waals surface area (Å²) in [5.41, 5.74) is 4.48. The molecule has 0 aromatic heterocycles. The van der Waals surface area contributed by atoms with Crippen molar-refractivity contribution in [1.29, 1.82) is 0 Å². The summed E-state index contributed by atoms with van der Waals surface area (Å²) in [5.74, 6) is 0.970. The molecule has 0 aliphatic carbocycles. The van der Waals surface area contributed by atoms with Crippen LogP contribution in [-0.2, 0) is 4.75 Å². The molecule has 31 heavy (non-hydrogen) atoms. The fourth-order valence-corrected chi connectivity index (χ4v) is 7.14. The highest BCUT2D eigenvalue weighted by Gasteiger charge is 2.46. The molecule has 160 valence electrons. The molecule has 0 bridgehead atoms. The van der Waals surface area contributed by atoms with Gasteiger partial charge in [0, 0.05) is 15.8 Å². The first kappa shape index (κ1) is 21.1. The number of ether oxygens (including phenoxy) is 1. The van der Waals surface area contributed by atoms with Crippen molar-refractivity contribution in [2.75, 3.05) is 26.2 Å². The number of halogens is 1. The number of fused-ring (bicyclic) bond motifs is 2. The Bertz CT molecular complexity index is 1020. The van der Waals surface area contributed by atoms with Gasteiger partial charge in [0.1, 0.15) is 5.75 Å². The van der Waals surface area contributed by atoms with Crippen LogP contribution < -0.4 is 4.74 Å². The number of thioether (sulfide) groups is 1. The monoisotopic (exact) mass is 493 g/mol. The molecular weight excluding hydrogens is 466 g/mol. The van der Waals surface area contributed by atoms with E-state index in [1.807, 2.05) is 30.3 Å². The molecule has 2 aliphatic heterocycles. The molecule has 1 spiro atoms. The molecule has 0 amide bonds. The van der Waals surface area contributed by atoms with Crippen LogP contribution in [0.1, 0.15) is 41.2 Å². The molecule has 5 rings (SSSR count). The number of benzene rings is 3. The number of para-hydroxylation sites is 1. The minimum absolute atomic E-state index is 0.251. The summed E-state index contributed by atoms with van der Waals surface area (Å²) in [6, 6.07) is 28.1. The van der Waals surface area contributed by atoms with Crippen molar-refractivity contribution < 1.29 is 4.74 Å². The summed E-state index contributed by atoms with van der Waals surface area (Å²) >= 11 is 5.84. The van der Waals surface area contributed by atoms with Crippen molar-refractivity contribution in [3.8, 4) is 5.75 Å². The van der Waals surface area contributed by atoms with E-state index in [1.54, 1.807) is 5.56 Å². The van der Waals surface area contributed by atoms with Crippen LogP contribution in [0.3, 0.4) is 0 Å². The summed E-state index contributed by atoms with van der Waals surface area (Å²) in [5, 5.41) is 0.430. The highest BCUT2D eigenvalue weighted by atomic mass is 79.9. The number of piperidine rings is 1. The van der Waals surface area contributed by atoms with E-state index in [4.69, 9.17) is 4.74 Å². The fourth-order valence-electron chi connectivity index (χ4n) is 4.93. The van der Waals surface area contributed by atoms with Crippen molar-refractivity contribution >= 4 is 27.7 Å². The van der Waals surface area contributed by atoms with Crippen LogP contribution >= 0.6 is 27.7 Å². The summed E-state index contributed by atoms with van der Waals surface area (Å²) in [7, 11) is 0. The lowest BCUT2D eigenvalue weighted by atomic mass is 9.84. The highest BCUT2D eigenvalue weighted by Crippen LogP contribution is 2.61. The Morgan fingerprint density at radius 3 is 2.52 bits per heavy atom. The lowest BCUT2D eigenvalue weighted by molar-refractivity contribution is 0.184. The zero-order valence-electron chi connectivity index (χ0n) is 17.7. The number of hydrogen-bond donors (Lipinski definition) is 0. The van der Waals surface area contributed by atoms with E-state index in [1.165, 1.54) is 24.0 Å². The van der Waals surface area contributed by atoms with Crippen molar-refractivity contribution in [2.45, 2.75) is 29.3 Å². The van der Waals surface area contributed by atoms with Gasteiger partial charge in [0.25, 0.3) is 0 Å². The van der Waals surface area contributed by atoms with Crippen LogP contribution in [0.15, 0.2) is 83.3 Å². The van der Waals surface area contributed by atoms with Gasteiger partial charge in [0.2, 0.25) is 0 Å². The second-order valence-corrected chi connectivity index (χ2v) is 10.9. The predicted molar refractivity (Wildman–Crippen MR) is 134 cm³/mol. The van der Waals surface area contributed by atoms with Crippen LogP contribution in [0.2, 0.25) is 0 Å². The molecular formula is C27H28BrNOS. The SMILES string of the molecule is Brc1cccc(C2SC3(CCN(CCCOc4ccccc4)CC3)c3ccccc32)c1. The average Bonchev–Trinajstić information content (AvgIpc) is 3.13. The maximum Gasteiger partial charge on any atom is 0.119 e. The molecule has 2 aliphatic rings. The van der Waals surface area contributed by atoms with Gasteiger partial charge in [0.15, 0.2) is 0 Å². The van der Waals surface area contributed by atoms with Gasteiger partial charge < -0.3 is 9.64 Å². The minimum Gasteiger partial charge on any atom is -0.494 e. The third kappa shape index (κ3) is 4.57. The van der Waals surface area contributed by atoms with Crippen LogP contribution in [0, 0.1) is 0 Å². The number of nitrogens with zero attached hydrogens (tertiary/aromatic N) is 1. The summed E-state index contributed by atoms with van der Waals surface area (Å²) in [6.45, 7) is 4.23. The molecule has 1 atom stereocenters. The van der Waals surface area contributed by atoms with Gasteiger partial charge in [-0.2, -0.15) is 0 Å². The van der Waals surface area contributed by atoms with Crippen LogP contribution in [0.25, 0.3) is 0 Å². The molecule has 3 aromatic carbocycles. The average molecular weight is 494 g/mol. The van der Waals surface area contributed by atoms with Crippen LogP contribution in [0.4, 0.5) is 0 Å². The number of hydrogen-bond acceptors (Lipinski definition) is 3. The fraction of sp³-hybridized carbons (Fsp3) is 0.333. The third-order valence-corrected chi connectivity index (χ3v) is 8.86. The second-order valence-electron chi connectivity index (χ2n) is 8.49. The molecule has 0 radical (unpaired) electrons. The first-order valence-corrected chi connectivity index (χ1v) is 12.8. The van der Waals surface area contributed by atoms with Gasteiger partial charge in [0.05, 0.1) is 11.9 Å². The van der Waals surface area contributed by atoms with Crippen LogP contribution in [0.5, 0.6) is 5.75 Å². The predicted octanol–water partition coefficient (Wildman–Crippen LogP) is 7.05. The standard InChI is InChI=1S/C27H28BrNOS/c28-22-9-6-8-21(20-22)26-24-12-4-5-13-25(24)27(31-26)14-17-29(18-15-27)16-7-19-30-23-10-2-1-3-11-23/h1-6,8-13,20,26H,7,14-19H2. The Labute approximate surface area is 198 Å². The van der Waals surface area contributed by atoms with Gasteiger partial charge >= 0.3 is 0 Å². The molecule has 3 aromatic rings. The molecule has 1 fully saturated rings. The smallest absolute Gasteiger partial charge is 0.119 e. The van der Waals surface area contributed by atoms with E-state index in [0.717, 1.165) is 42.9 Å². The lowest BCUT2D eigenvalue weighted by Crippen LogP contribution is -2.40. The quantitative estimate of drug-likeness (QED) is 0.341. The highest BCUT2D eigenvalue weighted by molar-refractivity contribution is 9.10. The Kier molecular flexibility index (Phi) is 6.40. The molecule has 1 unspecified atom stereocenters. The minimum atomic E-state index is 0.251. The first-order valence-electron chi connectivity index (χ1n) is 11.2. The second kappa shape index (κ2) is 9.40. The topological polar surface area (TPSA) is 12.5 Å². The molecule has 1 saturated heterocycles. The van der Waals surface area contributed by atoms with E-state index in [9.17, 15) is 0 Å². The van der Waals surface area contributed by atoms with E-state index < -0.39 is 0 Å². The zero-order valence-corrected chi connectivity index (χ0v) is 20.1. The Morgan fingerprint density at radius 1 is 0.935 bits per heavy atom. The Balaban J connectivity index is 1.21.